The van der Waals surface area contributed by atoms with Crippen molar-refractivity contribution in [2.24, 2.45) is 0 Å². The Hall–Kier alpha value is -3.87. The lowest BCUT2D eigenvalue weighted by Crippen LogP contribution is -2.10. The highest BCUT2D eigenvalue weighted by Crippen LogP contribution is 2.24. The molecule has 32 heavy (non-hydrogen) atoms. The molecule has 0 atom stereocenters. The average molecular weight is 431 g/mol. The van der Waals surface area contributed by atoms with E-state index in [-0.39, 0.29) is 24.1 Å². The summed E-state index contributed by atoms with van der Waals surface area (Å²) in [7, 11) is 0. The summed E-state index contributed by atoms with van der Waals surface area (Å²) >= 11 is 0. The molecule has 1 aliphatic heterocycles. The average Bonchev–Trinajstić information content (AvgIpc) is 3.46. The van der Waals surface area contributed by atoms with Gasteiger partial charge in [0.05, 0.1) is 5.69 Å². The van der Waals surface area contributed by atoms with Gasteiger partial charge in [0.25, 0.3) is 5.91 Å². The summed E-state index contributed by atoms with van der Waals surface area (Å²) in [6, 6.07) is 16.6. The van der Waals surface area contributed by atoms with E-state index in [2.05, 4.69) is 16.1 Å². The Morgan fingerprint density at radius 3 is 2.66 bits per heavy atom. The van der Waals surface area contributed by atoms with E-state index in [0.29, 0.717) is 17.2 Å². The van der Waals surface area contributed by atoms with Crippen molar-refractivity contribution in [2.45, 2.75) is 32.4 Å². The summed E-state index contributed by atoms with van der Waals surface area (Å²) in [6.45, 7) is 1.17. The molecule has 0 bridgehead atoms. The number of nitrogens with one attached hydrogen (secondary N) is 1. The number of hydrogen-bond acceptors (Lipinski definition) is 4. The van der Waals surface area contributed by atoms with Crippen LogP contribution in [0, 0.1) is 5.82 Å². The maximum atomic E-state index is 13.0. The van der Waals surface area contributed by atoms with Crippen molar-refractivity contribution in [1.29, 1.82) is 0 Å². The minimum atomic E-state index is -0.344. The quantitative estimate of drug-likeness (QED) is 0.441. The number of carbonyl (C=O) groups excluding carboxylic acids is 1. The second-order valence-corrected chi connectivity index (χ2v) is 7.73. The molecule has 0 saturated carbocycles. The van der Waals surface area contributed by atoms with Gasteiger partial charge in [0.2, 0.25) is 0 Å². The molecule has 0 radical (unpaired) electrons. The number of hydrogen-bond donors (Lipinski definition) is 1. The van der Waals surface area contributed by atoms with E-state index in [1.165, 1.54) is 37.1 Å². The Bertz CT molecular complexity index is 1200. The summed E-state index contributed by atoms with van der Waals surface area (Å²) in [5.41, 5.74) is 2.64. The molecule has 2 aromatic carbocycles. The maximum Gasteiger partial charge on any atom is 0.291 e. The number of aryl methyl sites for hydroxylation is 2. The van der Waals surface area contributed by atoms with E-state index < -0.39 is 0 Å². The number of carbonyl (C=O) groups is 1. The summed E-state index contributed by atoms with van der Waals surface area (Å²) in [5.74, 6) is 1.68. The molecule has 0 aliphatic carbocycles. The second kappa shape index (κ2) is 8.70. The fourth-order valence-corrected chi connectivity index (χ4v) is 3.73. The Kier molecular flexibility index (Phi) is 5.46. The summed E-state index contributed by atoms with van der Waals surface area (Å²) < 4.78 is 26.3. The van der Waals surface area contributed by atoms with Crippen molar-refractivity contribution < 1.29 is 18.3 Å². The lowest BCUT2D eigenvalue weighted by molar-refractivity contribution is 0.0992. The van der Waals surface area contributed by atoms with Crippen molar-refractivity contribution in [3.05, 3.63) is 90.0 Å². The third-order valence-electron chi connectivity index (χ3n) is 5.43. The highest BCUT2D eigenvalue weighted by atomic mass is 19.1. The van der Waals surface area contributed by atoms with Gasteiger partial charge in [-0.05, 0) is 61.4 Å². The molecule has 0 fully saturated rings. The lowest BCUT2D eigenvalue weighted by Gasteiger charge is -2.11. The van der Waals surface area contributed by atoms with E-state index in [4.69, 9.17) is 14.1 Å². The topological polar surface area (TPSA) is 69.3 Å². The van der Waals surface area contributed by atoms with Gasteiger partial charge in [-0.3, -0.25) is 4.79 Å². The fraction of sp³-hybridized carbons (Fsp3) is 0.200. The number of rotatable bonds is 6. The molecule has 0 unspecified atom stereocenters. The number of amides is 1. The smallest absolute Gasteiger partial charge is 0.291 e. The first kappa shape index (κ1) is 20.1. The number of anilines is 1. The van der Waals surface area contributed by atoms with E-state index in [9.17, 15) is 9.18 Å². The fourth-order valence-electron chi connectivity index (χ4n) is 3.73. The van der Waals surface area contributed by atoms with Gasteiger partial charge in [-0.15, -0.1) is 0 Å². The number of halogens is 1. The van der Waals surface area contributed by atoms with Crippen LogP contribution in [-0.4, -0.2) is 15.5 Å². The SMILES string of the molecule is O=C(Nc1ccc(-c2cn3c(n2)CCCC3)cc1)c1ccc(COc2ccc(F)cc2)o1. The molecule has 0 saturated heterocycles. The molecule has 0 spiro atoms. The normalized spacial score (nSPS) is 12.9. The zero-order valence-electron chi connectivity index (χ0n) is 17.4. The van der Waals surface area contributed by atoms with Gasteiger partial charge >= 0.3 is 0 Å². The van der Waals surface area contributed by atoms with Crippen LogP contribution in [0.3, 0.4) is 0 Å². The molecular weight excluding hydrogens is 409 g/mol. The maximum absolute atomic E-state index is 13.0. The molecule has 1 aliphatic rings. The van der Waals surface area contributed by atoms with Gasteiger partial charge in [-0.1, -0.05) is 12.1 Å². The molecule has 1 amide bonds. The van der Waals surface area contributed by atoms with Crippen LogP contribution in [0.4, 0.5) is 10.1 Å². The highest BCUT2D eigenvalue weighted by molar-refractivity contribution is 6.02. The number of benzene rings is 2. The monoisotopic (exact) mass is 431 g/mol. The molecule has 3 heterocycles. The van der Waals surface area contributed by atoms with E-state index in [1.54, 1.807) is 12.1 Å². The zero-order valence-corrected chi connectivity index (χ0v) is 17.4. The minimum absolute atomic E-state index is 0.141. The third kappa shape index (κ3) is 4.42. The van der Waals surface area contributed by atoms with E-state index >= 15 is 0 Å². The van der Waals surface area contributed by atoms with Crippen LogP contribution in [0.15, 0.2) is 71.3 Å². The predicted octanol–water partition coefficient (Wildman–Crippen LogP) is 5.45. The predicted molar refractivity (Wildman–Crippen MR) is 118 cm³/mol. The number of fused-ring (bicyclic) bond motifs is 1. The zero-order chi connectivity index (χ0) is 21.9. The largest absolute Gasteiger partial charge is 0.486 e. The number of imidazole rings is 1. The van der Waals surface area contributed by atoms with Gasteiger partial charge in [0.15, 0.2) is 5.76 Å². The van der Waals surface area contributed by atoms with Crippen LogP contribution < -0.4 is 10.1 Å². The van der Waals surface area contributed by atoms with Crippen LogP contribution >= 0.6 is 0 Å². The number of ether oxygens (including phenoxy) is 1. The highest BCUT2D eigenvalue weighted by Gasteiger charge is 2.14. The van der Waals surface area contributed by atoms with Crippen molar-refractivity contribution in [1.82, 2.24) is 9.55 Å². The Labute approximate surface area is 184 Å². The van der Waals surface area contributed by atoms with Crippen LogP contribution in [0.1, 0.15) is 35.0 Å². The third-order valence-corrected chi connectivity index (χ3v) is 5.43. The first-order valence-corrected chi connectivity index (χ1v) is 10.6. The van der Waals surface area contributed by atoms with E-state index in [1.807, 2.05) is 24.3 Å². The lowest BCUT2D eigenvalue weighted by atomic mass is 10.1. The molecule has 5 rings (SSSR count). The Morgan fingerprint density at radius 2 is 1.88 bits per heavy atom. The van der Waals surface area contributed by atoms with Crippen molar-refractivity contribution >= 4 is 11.6 Å². The first-order valence-electron chi connectivity index (χ1n) is 10.6. The second-order valence-electron chi connectivity index (χ2n) is 7.73. The Balaban J connectivity index is 1.19. The summed E-state index contributed by atoms with van der Waals surface area (Å²) in [6.07, 6.45) is 5.50. The van der Waals surface area contributed by atoms with Gasteiger partial charge in [-0.25, -0.2) is 9.37 Å². The first-order chi connectivity index (χ1) is 15.6. The Morgan fingerprint density at radius 1 is 1.06 bits per heavy atom. The molecule has 2 aromatic heterocycles. The molecule has 7 heteroatoms. The van der Waals surface area contributed by atoms with Gasteiger partial charge in [0, 0.05) is 30.4 Å². The van der Waals surface area contributed by atoms with Gasteiger partial charge in [-0.2, -0.15) is 0 Å². The van der Waals surface area contributed by atoms with Crippen LogP contribution in [-0.2, 0) is 19.6 Å². The standard InChI is InChI=1S/C25H22FN3O3/c26-18-6-10-20(11-7-18)31-16-21-12-13-23(32-21)25(30)27-19-8-4-17(5-9-19)22-15-29-14-2-1-3-24(29)28-22/h4-13,15H,1-3,14,16H2,(H,27,30). The van der Waals surface area contributed by atoms with Crippen molar-refractivity contribution in [3.8, 4) is 17.0 Å². The number of nitrogens with zero attached hydrogens (tertiary/aromatic N) is 2. The van der Waals surface area contributed by atoms with Crippen LogP contribution in [0.5, 0.6) is 5.75 Å². The van der Waals surface area contributed by atoms with Crippen LogP contribution in [0.25, 0.3) is 11.3 Å². The number of furan rings is 1. The van der Waals surface area contributed by atoms with E-state index in [0.717, 1.165) is 30.0 Å². The summed E-state index contributed by atoms with van der Waals surface area (Å²) in [4.78, 5) is 17.3. The molecule has 6 nitrogen and oxygen atoms in total. The molecule has 162 valence electrons. The van der Waals surface area contributed by atoms with Crippen LogP contribution in [0.2, 0.25) is 0 Å². The number of aromatic nitrogens is 2. The van der Waals surface area contributed by atoms with Crippen molar-refractivity contribution in [3.63, 3.8) is 0 Å². The molecule has 4 aromatic rings. The molecular formula is C25H22FN3O3. The van der Waals surface area contributed by atoms with Crippen molar-refractivity contribution in [2.75, 3.05) is 5.32 Å². The van der Waals surface area contributed by atoms with Gasteiger partial charge in [0.1, 0.15) is 29.8 Å². The minimum Gasteiger partial charge on any atom is -0.486 e. The molecule has 1 N–H and O–H groups in total. The summed E-state index contributed by atoms with van der Waals surface area (Å²) in [5, 5.41) is 2.84. The van der Waals surface area contributed by atoms with Gasteiger partial charge < -0.3 is 19.0 Å².